The predicted molar refractivity (Wildman–Crippen MR) is 133 cm³/mol. The van der Waals surface area contributed by atoms with Crippen LogP contribution >= 0.6 is 0 Å². The Hall–Kier alpha value is -4.53. The molecule has 4 aromatic rings. The molecular formula is C26H23N5O4. The van der Waals surface area contributed by atoms with Gasteiger partial charge in [-0.2, -0.15) is 5.10 Å². The number of nitro benzene ring substituents is 1. The lowest BCUT2D eigenvalue weighted by molar-refractivity contribution is -0.384. The number of rotatable bonds is 5. The van der Waals surface area contributed by atoms with Crippen molar-refractivity contribution in [3.05, 3.63) is 111 Å². The van der Waals surface area contributed by atoms with Gasteiger partial charge >= 0.3 is 0 Å². The Morgan fingerprint density at radius 3 is 2.14 bits per heavy atom. The molecular weight excluding hydrogens is 446 g/mol. The van der Waals surface area contributed by atoms with E-state index in [-0.39, 0.29) is 29.4 Å². The van der Waals surface area contributed by atoms with Crippen LogP contribution in [-0.2, 0) is 6.54 Å². The van der Waals surface area contributed by atoms with Crippen LogP contribution in [0.15, 0.2) is 83.7 Å². The average Bonchev–Trinajstić information content (AvgIpc) is 2.91. The number of hydrogen-bond acceptors (Lipinski definition) is 6. The number of carbonyl (C=O) groups is 1. The second-order valence-corrected chi connectivity index (χ2v) is 8.40. The van der Waals surface area contributed by atoms with Crippen LogP contribution in [0.4, 0.5) is 11.4 Å². The third-order valence-corrected chi connectivity index (χ3v) is 6.24. The lowest BCUT2D eigenvalue weighted by atomic mass is 10.1. The van der Waals surface area contributed by atoms with Crippen LogP contribution in [0.25, 0.3) is 10.8 Å². The monoisotopic (exact) mass is 469 g/mol. The fraction of sp³-hybridized carbons (Fsp3) is 0.192. The summed E-state index contributed by atoms with van der Waals surface area (Å²) in [5, 5.41) is 16.4. The summed E-state index contributed by atoms with van der Waals surface area (Å²) in [5.74, 6) is -0.216. The standard InChI is InChI=1S/C26H23N5O4/c32-25-23-9-5-4-8-22(23)24(27-30(25)18-19-6-2-1-3-7-19)26(33)29-16-14-28(15-17-29)20-10-12-21(13-11-20)31(34)35/h1-13H,14-18H2. The molecule has 1 aliphatic heterocycles. The van der Waals surface area contributed by atoms with Crippen LogP contribution in [-0.4, -0.2) is 51.7 Å². The summed E-state index contributed by atoms with van der Waals surface area (Å²) in [6.07, 6.45) is 0. The summed E-state index contributed by atoms with van der Waals surface area (Å²) in [7, 11) is 0. The molecule has 1 saturated heterocycles. The zero-order chi connectivity index (χ0) is 24.4. The van der Waals surface area contributed by atoms with Crippen LogP contribution in [0.1, 0.15) is 16.1 Å². The minimum Gasteiger partial charge on any atom is -0.368 e. The van der Waals surface area contributed by atoms with Crippen molar-refractivity contribution in [3.8, 4) is 0 Å². The minimum atomic E-state index is -0.422. The van der Waals surface area contributed by atoms with E-state index in [1.807, 2.05) is 30.3 Å². The molecule has 2 heterocycles. The van der Waals surface area contributed by atoms with Gasteiger partial charge in [-0.15, -0.1) is 0 Å². The average molecular weight is 470 g/mol. The zero-order valence-electron chi connectivity index (χ0n) is 18.9. The van der Waals surface area contributed by atoms with Gasteiger partial charge in [-0.1, -0.05) is 48.5 Å². The highest BCUT2D eigenvalue weighted by molar-refractivity contribution is 6.04. The third kappa shape index (κ3) is 4.48. The van der Waals surface area contributed by atoms with Gasteiger partial charge in [-0.05, 0) is 23.8 Å². The molecule has 1 fully saturated rings. The molecule has 1 aliphatic rings. The number of amides is 1. The van der Waals surface area contributed by atoms with E-state index >= 15 is 0 Å². The van der Waals surface area contributed by atoms with E-state index < -0.39 is 4.92 Å². The first-order valence-electron chi connectivity index (χ1n) is 11.3. The quantitative estimate of drug-likeness (QED) is 0.328. The Balaban J connectivity index is 1.39. The van der Waals surface area contributed by atoms with E-state index in [2.05, 4.69) is 10.00 Å². The number of hydrogen-bond donors (Lipinski definition) is 0. The van der Waals surface area contributed by atoms with Crippen molar-refractivity contribution in [2.75, 3.05) is 31.1 Å². The van der Waals surface area contributed by atoms with Gasteiger partial charge in [-0.25, -0.2) is 4.68 Å². The van der Waals surface area contributed by atoms with Gasteiger partial charge in [0.05, 0.1) is 16.9 Å². The topological polar surface area (TPSA) is 102 Å². The summed E-state index contributed by atoms with van der Waals surface area (Å²) in [5.41, 5.74) is 1.88. The van der Waals surface area contributed by atoms with Crippen LogP contribution < -0.4 is 10.5 Å². The number of nitrogens with zero attached hydrogens (tertiary/aromatic N) is 5. The van der Waals surface area contributed by atoms with Gasteiger partial charge < -0.3 is 9.80 Å². The van der Waals surface area contributed by atoms with E-state index in [4.69, 9.17) is 0 Å². The fourth-order valence-electron chi connectivity index (χ4n) is 4.36. The highest BCUT2D eigenvalue weighted by atomic mass is 16.6. The molecule has 9 heteroatoms. The maximum atomic E-state index is 13.5. The number of non-ortho nitro benzene ring substituents is 1. The van der Waals surface area contributed by atoms with E-state index in [9.17, 15) is 19.7 Å². The van der Waals surface area contributed by atoms with Crippen LogP contribution in [0.3, 0.4) is 0 Å². The number of piperazine rings is 1. The number of aromatic nitrogens is 2. The van der Waals surface area contributed by atoms with E-state index in [1.165, 1.54) is 16.8 Å². The van der Waals surface area contributed by atoms with Crippen molar-refractivity contribution >= 4 is 28.1 Å². The van der Waals surface area contributed by atoms with Gasteiger partial charge in [-0.3, -0.25) is 19.7 Å². The molecule has 9 nitrogen and oxygen atoms in total. The Kier molecular flexibility index (Phi) is 5.97. The van der Waals surface area contributed by atoms with Gasteiger partial charge in [0.25, 0.3) is 17.2 Å². The first-order valence-corrected chi connectivity index (χ1v) is 11.3. The van der Waals surface area contributed by atoms with Gasteiger partial charge in [0, 0.05) is 49.4 Å². The molecule has 0 spiro atoms. The van der Waals surface area contributed by atoms with Crippen molar-refractivity contribution in [3.63, 3.8) is 0 Å². The number of benzene rings is 3. The van der Waals surface area contributed by atoms with Crippen molar-refractivity contribution in [1.82, 2.24) is 14.7 Å². The fourth-order valence-corrected chi connectivity index (χ4v) is 4.36. The van der Waals surface area contributed by atoms with Crippen molar-refractivity contribution in [2.24, 2.45) is 0 Å². The molecule has 1 amide bonds. The van der Waals surface area contributed by atoms with Crippen LogP contribution in [0.2, 0.25) is 0 Å². The molecule has 1 aromatic heterocycles. The van der Waals surface area contributed by atoms with Crippen LogP contribution in [0, 0.1) is 10.1 Å². The highest BCUT2D eigenvalue weighted by Gasteiger charge is 2.26. The SMILES string of the molecule is O=C(c1nn(Cc2ccccc2)c(=O)c2ccccc12)N1CCN(c2ccc([N+](=O)[O-])cc2)CC1. The van der Waals surface area contributed by atoms with E-state index in [1.54, 1.807) is 41.3 Å². The largest absolute Gasteiger partial charge is 0.368 e. The molecule has 3 aromatic carbocycles. The first kappa shape index (κ1) is 22.3. The van der Waals surface area contributed by atoms with Crippen molar-refractivity contribution < 1.29 is 9.72 Å². The summed E-state index contributed by atoms with van der Waals surface area (Å²) < 4.78 is 1.36. The Labute approximate surface area is 201 Å². The minimum absolute atomic E-state index is 0.0474. The smallest absolute Gasteiger partial charge is 0.275 e. The highest BCUT2D eigenvalue weighted by Crippen LogP contribution is 2.22. The summed E-state index contributed by atoms with van der Waals surface area (Å²) in [6, 6.07) is 23.0. The van der Waals surface area contributed by atoms with E-state index in [0.29, 0.717) is 37.0 Å². The third-order valence-electron chi connectivity index (χ3n) is 6.24. The first-order chi connectivity index (χ1) is 17.0. The lowest BCUT2D eigenvalue weighted by Gasteiger charge is -2.36. The molecule has 35 heavy (non-hydrogen) atoms. The van der Waals surface area contributed by atoms with Gasteiger partial charge in [0.1, 0.15) is 0 Å². The van der Waals surface area contributed by atoms with E-state index in [0.717, 1.165) is 11.3 Å². The Morgan fingerprint density at radius 1 is 0.857 bits per heavy atom. The number of carbonyl (C=O) groups excluding carboxylic acids is 1. The molecule has 5 rings (SSSR count). The van der Waals surface area contributed by atoms with Crippen LogP contribution in [0.5, 0.6) is 0 Å². The molecule has 176 valence electrons. The lowest BCUT2D eigenvalue weighted by Crippen LogP contribution is -2.49. The number of fused-ring (bicyclic) bond motifs is 1. The Morgan fingerprint density at radius 2 is 1.49 bits per heavy atom. The number of anilines is 1. The molecule has 0 unspecified atom stereocenters. The second-order valence-electron chi connectivity index (χ2n) is 8.40. The summed E-state index contributed by atoms with van der Waals surface area (Å²) >= 11 is 0. The predicted octanol–water partition coefficient (Wildman–Crippen LogP) is 3.32. The molecule has 0 bridgehead atoms. The maximum absolute atomic E-state index is 13.5. The normalized spacial score (nSPS) is 13.7. The number of nitro groups is 1. The summed E-state index contributed by atoms with van der Waals surface area (Å²) in [4.78, 5) is 40.9. The molecule has 0 aliphatic carbocycles. The zero-order valence-corrected chi connectivity index (χ0v) is 18.9. The van der Waals surface area contributed by atoms with Crippen molar-refractivity contribution in [1.29, 1.82) is 0 Å². The molecule has 0 saturated carbocycles. The second kappa shape index (κ2) is 9.38. The van der Waals surface area contributed by atoms with Crippen molar-refractivity contribution in [2.45, 2.75) is 6.54 Å². The molecule has 0 N–H and O–H groups in total. The summed E-state index contributed by atoms with van der Waals surface area (Å²) in [6.45, 7) is 2.41. The maximum Gasteiger partial charge on any atom is 0.275 e. The Bertz CT molecular complexity index is 1440. The van der Waals surface area contributed by atoms with Gasteiger partial charge in [0.15, 0.2) is 5.69 Å². The van der Waals surface area contributed by atoms with Gasteiger partial charge in [0.2, 0.25) is 0 Å². The molecule has 0 radical (unpaired) electrons. The molecule has 0 atom stereocenters.